The van der Waals surface area contributed by atoms with Crippen molar-refractivity contribution in [1.29, 1.82) is 0 Å². The molecule has 2 aromatic carbocycles. The average Bonchev–Trinajstić information content (AvgIpc) is 3.02. The van der Waals surface area contributed by atoms with E-state index in [0.29, 0.717) is 35.1 Å². The molecule has 2 aliphatic rings. The molecular weight excluding hydrogens is 566 g/mol. The largest absolute Gasteiger partial charge is 0.469 e. The van der Waals surface area contributed by atoms with Crippen LogP contribution in [0.1, 0.15) is 38.3 Å². The number of carbonyl (C=O) groups excluding carboxylic acids is 3. The summed E-state index contributed by atoms with van der Waals surface area (Å²) >= 11 is 12.1. The molecule has 0 spiro atoms. The van der Waals surface area contributed by atoms with Crippen molar-refractivity contribution >= 4 is 58.3 Å². The third-order valence-electron chi connectivity index (χ3n) is 6.73. The number of hydrogen-bond acceptors (Lipinski definition) is 7. The molecule has 0 saturated carbocycles. The van der Waals surface area contributed by atoms with Gasteiger partial charge in [-0.15, -0.1) is 0 Å². The van der Waals surface area contributed by atoms with Crippen molar-refractivity contribution in [3.63, 3.8) is 0 Å². The number of hydrogen-bond donors (Lipinski definition) is 1. The van der Waals surface area contributed by atoms with E-state index in [1.54, 1.807) is 55.8 Å². The Morgan fingerprint density at radius 1 is 1.15 bits per heavy atom. The summed E-state index contributed by atoms with van der Waals surface area (Å²) in [5.74, 6) is -0.769. The summed E-state index contributed by atoms with van der Waals surface area (Å²) in [6.07, 6.45) is -1.55. The predicted molar refractivity (Wildman–Crippen MR) is 161 cm³/mol. The first-order valence-corrected chi connectivity index (χ1v) is 14.0. The Labute approximate surface area is 250 Å². The summed E-state index contributed by atoms with van der Waals surface area (Å²) in [6.45, 7) is 6.20. The molecule has 10 nitrogen and oxygen atoms in total. The zero-order valence-electron chi connectivity index (χ0n) is 23.7. The first-order chi connectivity index (χ1) is 19.4. The van der Waals surface area contributed by atoms with Crippen LogP contribution in [0.5, 0.6) is 0 Å². The van der Waals surface area contributed by atoms with Crippen molar-refractivity contribution in [2.45, 2.75) is 45.0 Å². The number of rotatable bonds is 4. The van der Waals surface area contributed by atoms with Crippen LogP contribution in [-0.4, -0.2) is 90.2 Å². The molecule has 1 saturated heterocycles. The van der Waals surface area contributed by atoms with Gasteiger partial charge in [0, 0.05) is 42.8 Å². The summed E-state index contributed by atoms with van der Waals surface area (Å²) in [6, 6.07) is 14.3. The molecule has 218 valence electrons. The minimum Gasteiger partial charge on any atom is -0.469 e. The van der Waals surface area contributed by atoms with Gasteiger partial charge in [0.05, 0.1) is 31.0 Å². The van der Waals surface area contributed by atoms with Crippen LogP contribution >= 0.6 is 23.8 Å². The molecule has 0 bridgehead atoms. The number of carbonyl (C=O) groups is 3. The molecule has 0 aromatic heterocycles. The highest BCUT2D eigenvalue weighted by Gasteiger charge is 2.37. The third-order valence-corrected chi connectivity index (χ3v) is 7.32. The lowest BCUT2D eigenvalue weighted by molar-refractivity contribution is -0.142. The number of thiocarbonyl (C=S) groups is 1. The highest BCUT2D eigenvalue weighted by molar-refractivity contribution is 7.80. The number of halogens is 1. The molecular formula is C29H34ClN5O5S. The summed E-state index contributed by atoms with van der Waals surface area (Å²) in [5.41, 5.74) is 2.11. The fraction of sp³-hybridized carbons (Fsp3) is 0.414. The topological polar surface area (TPSA) is 104 Å². The first kappa shape index (κ1) is 30.3. The number of esters is 1. The molecule has 2 aliphatic heterocycles. The number of likely N-dealkylation sites (N-methyl/N-ethyl adjacent to an activating group) is 1. The van der Waals surface area contributed by atoms with Crippen LogP contribution in [0.4, 0.5) is 10.5 Å². The molecule has 0 radical (unpaired) electrons. The predicted octanol–water partition coefficient (Wildman–Crippen LogP) is 3.84. The van der Waals surface area contributed by atoms with Gasteiger partial charge in [0.1, 0.15) is 5.60 Å². The highest BCUT2D eigenvalue weighted by Crippen LogP contribution is 2.30. The van der Waals surface area contributed by atoms with Gasteiger partial charge in [-0.1, -0.05) is 41.9 Å². The standard InChI is InChI=1S/C29H34ClN5O5S/c1-29(2,3)40-28(38)34-13-14-35(20(17-34)16-23(36)39-5)27(41)32-25-26(37)33(4)22-12-11-19(30)15-21(22)24(31-25)18-9-7-6-8-10-18/h6-12,15,20,25H,13-14,16-17H2,1-5H3,(H,32,41). The number of piperazine rings is 1. The fourth-order valence-corrected chi connectivity index (χ4v) is 5.26. The maximum atomic E-state index is 13.7. The van der Waals surface area contributed by atoms with Gasteiger partial charge in [0.2, 0.25) is 6.17 Å². The molecule has 2 heterocycles. The molecule has 1 N–H and O–H groups in total. The van der Waals surface area contributed by atoms with Gasteiger partial charge in [-0.25, -0.2) is 9.79 Å². The zero-order valence-corrected chi connectivity index (χ0v) is 25.3. The Morgan fingerprint density at radius 3 is 2.51 bits per heavy atom. The lowest BCUT2D eigenvalue weighted by Crippen LogP contribution is -2.61. The number of fused-ring (bicyclic) bond motifs is 1. The van der Waals surface area contributed by atoms with Crippen molar-refractivity contribution in [2.75, 3.05) is 38.7 Å². The molecule has 2 amide bonds. The average molecular weight is 600 g/mol. The SMILES string of the molecule is COC(=O)CC1CN(C(=O)OC(C)(C)C)CCN1C(=S)NC1N=C(c2ccccc2)c2cc(Cl)ccc2N(C)C1=O. The molecule has 0 aliphatic carbocycles. The first-order valence-electron chi connectivity index (χ1n) is 13.2. The molecule has 1 fully saturated rings. The number of methoxy groups -OCH3 is 1. The van der Waals surface area contributed by atoms with Gasteiger partial charge < -0.3 is 29.5 Å². The Hall–Kier alpha value is -3.70. The van der Waals surface area contributed by atoms with Gasteiger partial charge >= 0.3 is 12.1 Å². The van der Waals surface area contributed by atoms with Gasteiger partial charge in [-0.3, -0.25) is 9.59 Å². The number of benzene rings is 2. The summed E-state index contributed by atoms with van der Waals surface area (Å²) in [4.78, 5) is 48.5. The second-order valence-corrected chi connectivity index (χ2v) is 11.6. The molecule has 4 rings (SSSR count). The molecule has 2 unspecified atom stereocenters. The molecule has 2 atom stereocenters. The van der Waals surface area contributed by atoms with Crippen molar-refractivity contribution < 1.29 is 23.9 Å². The Kier molecular flexibility index (Phi) is 9.18. The van der Waals surface area contributed by atoms with E-state index in [-0.39, 0.29) is 24.0 Å². The van der Waals surface area contributed by atoms with E-state index in [4.69, 9.17) is 38.3 Å². The molecule has 41 heavy (non-hydrogen) atoms. The number of aliphatic imine (C=N–C) groups is 1. The number of anilines is 1. The minimum absolute atomic E-state index is 0.0153. The zero-order chi connectivity index (χ0) is 29.9. The Bertz CT molecular complexity index is 1360. The van der Waals surface area contributed by atoms with Crippen LogP contribution in [0.25, 0.3) is 0 Å². The maximum Gasteiger partial charge on any atom is 0.410 e. The van der Waals surface area contributed by atoms with Crippen LogP contribution in [-0.2, 0) is 19.1 Å². The monoisotopic (exact) mass is 599 g/mol. The van der Waals surface area contributed by atoms with Crippen LogP contribution < -0.4 is 10.2 Å². The normalized spacial score (nSPS) is 19.1. The van der Waals surface area contributed by atoms with E-state index < -0.39 is 29.9 Å². The number of nitrogens with zero attached hydrogens (tertiary/aromatic N) is 4. The number of ether oxygens (including phenoxy) is 2. The lowest BCUT2D eigenvalue weighted by Gasteiger charge is -2.42. The van der Waals surface area contributed by atoms with E-state index in [1.165, 1.54) is 12.0 Å². The maximum absolute atomic E-state index is 13.7. The van der Waals surface area contributed by atoms with E-state index in [2.05, 4.69) is 5.32 Å². The third kappa shape index (κ3) is 7.15. The summed E-state index contributed by atoms with van der Waals surface area (Å²) in [5, 5.41) is 3.87. The number of benzodiazepines with no additional fused rings is 1. The smallest absolute Gasteiger partial charge is 0.410 e. The lowest BCUT2D eigenvalue weighted by atomic mass is 10.0. The van der Waals surface area contributed by atoms with Crippen LogP contribution in [0.2, 0.25) is 5.02 Å². The molecule has 2 aromatic rings. The van der Waals surface area contributed by atoms with Gasteiger partial charge in [0.25, 0.3) is 5.91 Å². The van der Waals surface area contributed by atoms with Gasteiger partial charge in [-0.05, 0) is 51.2 Å². The quantitative estimate of drug-likeness (QED) is 0.418. The van der Waals surface area contributed by atoms with E-state index in [1.807, 2.05) is 30.3 Å². The van der Waals surface area contributed by atoms with Crippen molar-refractivity contribution in [2.24, 2.45) is 4.99 Å². The van der Waals surface area contributed by atoms with Crippen LogP contribution in [0, 0.1) is 0 Å². The van der Waals surface area contributed by atoms with E-state index in [9.17, 15) is 14.4 Å². The highest BCUT2D eigenvalue weighted by atomic mass is 35.5. The number of amides is 2. The Morgan fingerprint density at radius 2 is 1.85 bits per heavy atom. The summed E-state index contributed by atoms with van der Waals surface area (Å²) < 4.78 is 10.4. The van der Waals surface area contributed by atoms with E-state index >= 15 is 0 Å². The van der Waals surface area contributed by atoms with Crippen molar-refractivity contribution in [1.82, 2.24) is 15.1 Å². The van der Waals surface area contributed by atoms with Crippen LogP contribution in [0.3, 0.4) is 0 Å². The summed E-state index contributed by atoms with van der Waals surface area (Å²) in [7, 11) is 2.98. The van der Waals surface area contributed by atoms with E-state index in [0.717, 1.165) is 5.56 Å². The number of nitrogens with one attached hydrogen (secondary N) is 1. The van der Waals surface area contributed by atoms with Gasteiger partial charge in [-0.2, -0.15) is 0 Å². The Balaban J connectivity index is 1.63. The van der Waals surface area contributed by atoms with Gasteiger partial charge in [0.15, 0.2) is 5.11 Å². The van der Waals surface area contributed by atoms with Crippen molar-refractivity contribution in [3.05, 3.63) is 64.7 Å². The minimum atomic E-state index is -1.06. The molecule has 12 heteroatoms. The van der Waals surface area contributed by atoms with Crippen molar-refractivity contribution in [3.8, 4) is 0 Å². The van der Waals surface area contributed by atoms with Crippen LogP contribution in [0.15, 0.2) is 53.5 Å². The second kappa shape index (κ2) is 12.4. The fourth-order valence-electron chi connectivity index (χ4n) is 4.73. The second-order valence-electron chi connectivity index (χ2n) is 10.8.